The van der Waals surface area contributed by atoms with Crippen LogP contribution in [0.2, 0.25) is 5.86 Å². The molecule has 0 atom stereocenters. The van der Waals surface area contributed by atoms with Crippen LogP contribution < -0.4 is 0 Å². The predicted molar refractivity (Wildman–Crippen MR) is 53.2 cm³/mol. The van der Waals surface area contributed by atoms with Crippen molar-refractivity contribution >= 4 is 11.9 Å². The molecule has 1 aromatic rings. The molecule has 0 unspecified atom stereocenters. The first-order chi connectivity index (χ1) is 7.52. The molecule has 0 bridgehead atoms. The van der Waals surface area contributed by atoms with E-state index in [1.54, 1.807) is 7.11 Å². The summed E-state index contributed by atoms with van der Waals surface area (Å²) in [4.78, 5) is 20.8. The molecule has 0 radical (unpaired) electrons. The van der Waals surface area contributed by atoms with E-state index >= 15 is 0 Å². The molecule has 91 valence electrons. The molecule has 0 aliphatic rings. The monoisotopic (exact) mass is 271 g/mol. The molecule has 6 heteroatoms. The van der Waals surface area contributed by atoms with Crippen LogP contribution in [-0.4, -0.2) is 29.3 Å². The van der Waals surface area contributed by atoms with E-state index in [9.17, 15) is 9.59 Å². The van der Waals surface area contributed by atoms with Gasteiger partial charge in [-0.25, -0.2) is 9.59 Å². The summed E-state index contributed by atoms with van der Waals surface area (Å²) in [7, 11) is 1.67. The predicted octanol–water partition coefficient (Wildman–Crippen LogP) is 1.76. The SMILES string of the molecule is C[O][Co][CH3].O=C(O)c1cccc(C(=O)O)c1. The Labute approximate surface area is 99.3 Å². The quantitative estimate of drug-likeness (QED) is 0.875. The maximum atomic E-state index is 10.4. The van der Waals surface area contributed by atoms with Crippen LogP contribution in [0.4, 0.5) is 0 Å². The fourth-order valence-corrected chi connectivity index (χ4v) is 0.785. The zero-order chi connectivity index (χ0) is 12.6. The molecule has 0 aromatic heterocycles. The first-order valence-corrected chi connectivity index (χ1v) is 5.52. The number of rotatable bonds is 3. The van der Waals surface area contributed by atoms with Gasteiger partial charge in [0, 0.05) is 0 Å². The molecule has 5 nitrogen and oxygen atoms in total. The van der Waals surface area contributed by atoms with E-state index in [1.807, 2.05) is 5.86 Å². The van der Waals surface area contributed by atoms with Crippen LogP contribution >= 0.6 is 0 Å². The Kier molecular flexibility index (Phi) is 7.18. The average Bonchev–Trinajstić information content (AvgIpc) is 2.29. The Balaban J connectivity index is 0.000000487. The maximum absolute atomic E-state index is 10.4. The van der Waals surface area contributed by atoms with Crippen molar-refractivity contribution in [2.45, 2.75) is 5.86 Å². The number of carboxylic acids is 2. The Morgan fingerprint density at radius 3 is 1.81 bits per heavy atom. The van der Waals surface area contributed by atoms with Crippen LogP contribution in [0.3, 0.4) is 0 Å². The molecule has 0 amide bonds. The summed E-state index contributed by atoms with van der Waals surface area (Å²) >= 11 is 1.02. The van der Waals surface area contributed by atoms with Crippen molar-refractivity contribution in [3.8, 4) is 0 Å². The van der Waals surface area contributed by atoms with Crippen molar-refractivity contribution in [3.63, 3.8) is 0 Å². The summed E-state index contributed by atoms with van der Waals surface area (Å²) in [5, 5.41) is 17.0. The number of benzene rings is 1. The standard InChI is InChI=1S/C8H6O4.CH3O.CH3.Co/c9-7(10)5-2-1-3-6(4-5)8(11)12;1-2;;/h1-4H,(H,9,10)(H,11,12);1H3;1H3;/q;-1;;+1. The number of hydrogen-bond donors (Lipinski definition) is 2. The smallest absolute Gasteiger partial charge is 0.335 e. The molecule has 2 N–H and O–H groups in total. The van der Waals surface area contributed by atoms with Gasteiger partial charge in [-0.1, -0.05) is 6.07 Å². The van der Waals surface area contributed by atoms with Crippen LogP contribution in [0, 0.1) is 0 Å². The van der Waals surface area contributed by atoms with Gasteiger partial charge in [0.25, 0.3) is 0 Å². The molecule has 0 spiro atoms. The molecule has 0 saturated heterocycles. The number of hydrogen-bond acceptors (Lipinski definition) is 3. The Hall–Kier alpha value is -1.37. The normalized spacial score (nSPS) is 9.12. The van der Waals surface area contributed by atoms with Gasteiger partial charge in [0.1, 0.15) is 0 Å². The van der Waals surface area contributed by atoms with Crippen molar-refractivity contribution in [1.82, 2.24) is 0 Å². The Morgan fingerprint density at radius 1 is 1.19 bits per heavy atom. The van der Waals surface area contributed by atoms with Crippen molar-refractivity contribution < 1.29 is 38.7 Å². The second-order valence-electron chi connectivity index (χ2n) is 2.46. The minimum absolute atomic E-state index is 0.0186. The van der Waals surface area contributed by atoms with Gasteiger partial charge in [-0.2, -0.15) is 0 Å². The van der Waals surface area contributed by atoms with Gasteiger partial charge in [-0.15, -0.1) is 0 Å². The fourth-order valence-electron chi connectivity index (χ4n) is 0.785. The average molecular weight is 271 g/mol. The van der Waals surface area contributed by atoms with E-state index in [4.69, 9.17) is 10.2 Å². The Morgan fingerprint density at radius 2 is 1.56 bits per heavy atom. The summed E-state index contributed by atoms with van der Waals surface area (Å²) in [6.45, 7) is 0. The molecule has 0 aliphatic heterocycles. The van der Waals surface area contributed by atoms with Gasteiger partial charge in [0.2, 0.25) is 0 Å². The van der Waals surface area contributed by atoms with Crippen LogP contribution in [-0.2, 0) is 18.9 Å². The van der Waals surface area contributed by atoms with Gasteiger partial charge in [0.05, 0.1) is 11.1 Å². The van der Waals surface area contributed by atoms with Gasteiger partial charge >= 0.3 is 43.8 Å². The van der Waals surface area contributed by atoms with Gasteiger partial charge in [-0.3, -0.25) is 0 Å². The van der Waals surface area contributed by atoms with E-state index in [2.05, 4.69) is 3.85 Å². The van der Waals surface area contributed by atoms with E-state index in [-0.39, 0.29) is 11.1 Å². The molecule has 0 fully saturated rings. The molecule has 0 heterocycles. The van der Waals surface area contributed by atoms with Crippen molar-refractivity contribution in [2.75, 3.05) is 7.11 Å². The zero-order valence-electron chi connectivity index (χ0n) is 8.76. The van der Waals surface area contributed by atoms with Crippen molar-refractivity contribution in [1.29, 1.82) is 0 Å². The number of carbonyl (C=O) groups is 2. The van der Waals surface area contributed by atoms with E-state index < -0.39 is 11.9 Å². The molecule has 0 aliphatic carbocycles. The van der Waals surface area contributed by atoms with Crippen LogP contribution in [0.25, 0.3) is 0 Å². The largest absolute Gasteiger partial charge is 0.478 e. The first-order valence-electron chi connectivity index (χ1n) is 4.05. The molecule has 0 saturated carbocycles. The van der Waals surface area contributed by atoms with Gasteiger partial charge in [-0.05, 0) is 18.2 Å². The fraction of sp³-hybridized carbons (Fsp3) is 0.200. The van der Waals surface area contributed by atoms with E-state index in [1.165, 1.54) is 18.2 Å². The van der Waals surface area contributed by atoms with E-state index in [0.717, 1.165) is 21.1 Å². The molecule has 1 aromatic carbocycles. The third-order valence-corrected chi connectivity index (χ3v) is 1.92. The summed E-state index contributed by atoms with van der Waals surface area (Å²) < 4.78 is 4.51. The van der Waals surface area contributed by atoms with Crippen LogP contribution in [0.15, 0.2) is 24.3 Å². The van der Waals surface area contributed by atoms with Crippen molar-refractivity contribution in [2.24, 2.45) is 0 Å². The van der Waals surface area contributed by atoms with E-state index in [0.29, 0.717) is 0 Å². The zero-order valence-corrected chi connectivity index (χ0v) is 9.80. The summed E-state index contributed by atoms with van der Waals surface area (Å²) in [5.41, 5.74) is -0.0372. The number of carboxylic acid groups (broad SMARTS) is 2. The maximum Gasteiger partial charge on any atom is 0.335 e. The van der Waals surface area contributed by atoms with Gasteiger partial charge < -0.3 is 10.2 Å². The minimum Gasteiger partial charge on any atom is -0.478 e. The minimum atomic E-state index is -1.13. The molecule has 16 heavy (non-hydrogen) atoms. The molecular formula is C10H12CoO5. The molecule has 1 rings (SSSR count). The topological polar surface area (TPSA) is 83.8 Å². The summed E-state index contributed by atoms with van der Waals surface area (Å²) in [6.07, 6.45) is 0. The summed E-state index contributed by atoms with van der Waals surface area (Å²) in [5.74, 6) is -0.326. The second-order valence-corrected chi connectivity index (χ2v) is 3.31. The second kappa shape index (κ2) is 7.86. The molecular weight excluding hydrogens is 259 g/mol. The Bertz CT molecular complexity index is 333. The number of aromatic carboxylic acids is 2. The van der Waals surface area contributed by atoms with Crippen LogP contribution in [0.1, 0.15) is 20.7 Å². The van der Waals surface area contributed by atoms with Gasteiger partial charge in [0.15, 0.2) is 0 Å². The first kappa shape index (κ1) is 14.6. The third-order valence-electron chi connectivity index (χ3n) is 1.49. The van der Waals surface area contributed by atoms with Crippen molar-refractivity contribution in [3.05, 3.63) is 35.4 Å². The summed E-state index contributed by atoms with van der Waals surface area (Å²) in [6, 6.07) is 5.20. The van der Waals surface area contributed by atoms with Crippen LogP contribution in [0.5, 0.6) is 0 Å². The third kappa shape index (κ3) is 5.49.